The van der Waals surface area contributed by atoms with Gasteiger partial charge in [-0.15, -0.1) is 11.6 Å². The number of methoxy groups -OCH3 is 1. The molecule has 1 aliphatic rings. The van der Waals surface area contributed by atoms with Gasteiger partial charge in [-0.05, 0) is 25.0 Å². The van der Waals surface area contributed by atoms with E-state index in [1.807, 2.05) is 4.90 Å². The summed E-state index contributed by atoms with van der Waals surface area (Å²) in [6, 6.07) is 3.08. The van der Waals surface area contributed by atoms with Crippen molar-refractivity contribution in [2.45, 2.75) is 32.4 Å². The van der Waals surface area contributed by atoms with Crippen molar-refractivity contribution in [1.29, 1.82) is 0 Å². The number of rotatable bonds is 7. The molecule has 1 fully saturated rings. The van der Waals surface area contributed by atoms with Gasteiger partial charge in [-0.2, -0.15) is 5.10 Å². The number of hydrogen-bond donors (Lipinski definition) is 2. The fourth-order valence-electron chi connectivity index (χ4n) is 3.76. The molecule has 0 bridgehead atoms. The highest BCUT2D eigenvalue weighted by atomic mass is 35.5. The molecule has 3 aromatic rings. The van der Waals surface area contributed by atoms with Gasteiger partial charge in [0, 0.05) is 24.8 Å². The zero-order valence-electron chi connectivity index (χ0n) is 16.8. The first-order chi connectivity index (χ1) is 15.0. The van der Waals surface area contributed by atoms with Gasteiger partial charge in [-0.25, -0.2) is 18.9 Å². The molecule has 0 radical (unpaired) electrons. The smallest absolute Gasteiger partial charge is 0.256 e. The number of carbonyl (C=O) groups excluding carboxylic acids is 1. The highest BCUT2D eigenvalue weighted by molar-refractivity contribution is 6.18. The third-order valence-electron chi connectivity index (χ3n) is 5.22. The molecule has 2 N–H and O–H groups in total. The number of halogens is 2. The van der Waals surface area contributed by atoms with Gasteiger partial charge >= 0.3 is 0 Å². The maximum atomic E-state index is 13.9. The SMILES string of the molecule is C.COc1ncc(F)cc1[C@H]1CCCN1c1ccn2ncc(C(=O)NC[C@@H](O)CCl)c2n1. The minimum absolute atomic E-state index is 0. The van der Waals surface area contributed by atoms with Crippen LogP contribution < -0.4 is 15.0 Å². The Morgan fingerprint density at radius 2 is 2.28 bits per heavy atom. The summed E-state index contributed by atoms with van der Waals surface area (Å²) in [5.74, 6) is 0.197. The van der Waals surface area contributed by atoms with E-state index in [4.69, 9.17) is 16.3 Å². The number of carbonyl (C=O) groups is 1. The van der Waals surface area contributed by atoms with Crippen LogP contribution in [0.1, 0.15) is 42.2 Å². The molecule has 0 spiro atoms. The summed E-state index contributed by atoms with van der Waals surface area (Å²) in [6.07, 6.45) is 5.12. The van der Waals surface area contributed by atoms with Crippen LogP contribution in [0.4, 0.5) is 10.2 Å². The molecule has 0 aliphatic carbocycles. The third kappa shape index (κ3) is 4.61. The molecule has 11 heteroatoms. The van der Waals surface area contributed by atoms with Crippen molar-refractivity contribution in [3.8, 4) is 5.88 Å². The first-order valence-electron chi connectivity index (χ1n) is 9.84. The van der Waals surface area contributed by atoms with Crippen molar-refractivity contribution in [3.63, 3.8) is 0 Å². The fraction of sp³-hybridized carbons (Fsp3) is 0.429. The van der Waals surface area contributed by atoms with Crippen molar-refractivity contribution in [2.75, 3.05) is 31.0 Å². The molecule has 32 heavy (non-hydrogen) atoms. The van der Waals surface area contributed by atoms with Crippen molar-refractivity contribution >= 4 is 29.0 Å². The van der Waals surface area contributed by atoms with Crippen LogP contribution in [0.25, 0.3) is 5.65 Å². The Morgan fingerprint density at radius 3 is 3.03 bits per heavy atom. The van der Waals surface area contributed by atoms with Crippen LogP contribution in [0, 0.1) is 5.82 Å². The number of anilines is 1. The molecule has 2 atom stereocenters. The number of fused-ring (bicyclic) bond motifs is 1. The van der Waals surface area contributed by atoms with Crippen LogP contribution >= 0.6 is 11.6 Å². The highest BCUT2D eigenvalue weighted by Gasteiger charge is 2.31. The summed E-state index contributed by atoms with van der Waals surface area (Å²) < 4.78 is 20.7. The number of nitrogens with zero attached hydrogens (tertiary/aromatic N) is 5. The minimum Gasteiger partial charge on any atom is -0.481 e. The van der Waals surface area contributed by atoms with E-state index < -0.39 is 17.8 Å². The number of nitrogens with one attached hydrogen (secondary N) is 1. The topological polar surface area (TPSA) is 105 Å². The number of pyridine rings is 1. The van der Waals surface area contributed by atoms with Crippen molar-refractivity contribution < 1.29 is 19.0 Å². The lowest BCUT2D eigenvalue weighted by Gasteiger charge is -2.26. The summed E-state index contributed by atoms with van der Waals surface area (Å²) in [5.41, 5.74) is 1.32. The summed E-state index contributed by atoms with van der Waals surface area (Å²) in [5, 5.41) is 16.4. The van der Waals surface area contributed by atoms with Crippen LogP contribution in [0.15, 0.2) is 30.7 Å². The first-order valence-corrected chi connectivity index (χ1v) is 10.4. The number of hydrogen-bond acceptors (Lipinski definition) is 7. The number of aromatic nitrogens is 4. The minimum atomic E-state index is -0.837. The molecule has 0 aromatic carbocycles. The molecule has 3 aromatic heterocycles. The lowest BCUT2D eigenvalue weighted by atomic mass is 10.1. The second-order valence-electron chi connectivity index (χ2n) is 7.23. The highest BCUT2D eigenvalue weighted by Crippen LogP contribution is 2.38. The lowest BCUT2D eigenvalue weighted by Crippen LogP contribution is -2.33. The van der Waals surface area contributed by atoms with E-state index in [0.717, 1.165) is 19.0 Å². The Labute approximate surface area is 190 Å². The Hall–Kier alpha value is -2.98. The maximum absolute atomic E-state index is 13.9. The monoisotopic (exact) mass is 464 g/mol. The number of ether oxygens (including phenoxy) is 1. The average molecular weight is 465 g/mol. The molecule has 1 amide bonds. The quantitative estimate of drug-likeness (QED) is 0.518. The van der Waals surface area contributed by atoms with Gasteiger partial charge in [0.2, 0.25) is 5.88 Å². The summed E-state index contributed by atoms with van der Waals surface area (Å²) >= 11 is 5.57. The largest absolute Gasteiger partial charge is 0.481 e. The molecule has 4 heterocycles. The Balaban J connectivity index is 0.00000289. The van der Waals surface area contributed by atoms with E-state index in [2.05, 4.69) is 20.4 Å². The van der Waals surface area contributed by atoms with Crippen LogP contribution in [0.3, 0.4) is 0 Å². The molecule has 1 saturated heterocycles. The number of aliphatic hydroxyl groups excluding tert-OH is 1. The summed E-state index contributed by atoms with van der Waals surface area (Å²) in [7, 11) is 1.51. The lowest BCUT2D eigenvalue weighted by molar-refractivity contribution is 0.0927. The molecule has 0 unspecified atom stereocenters. The first kappa shape index (κ1) is 23.7. The predicted molar refractivity (Wildman–Crippen MR) is 119 cm³/mol. The van der Waals surface area contributed by atoms with Gasteiger partial charge < -0.3 is 20.1 Å². The van der Waals surface area contributed by atoms with E-state index >= 15 is 0 Å². The molecule has 1 aliphatic heterocycles. The predicted octanol–water partition coefficient (Wildman–Crippen LogP) is 2.58. The van der Waals surface area contributed by atoms with E-state index in [-0.39, 0.29) is 31.5 Å². The standard InChI is InChI=1S/C20H22ClFN6O3.CH4/c1-31-20-14(7-12(22)9-24-20)16-3-2-5-27(16)17-4-6-28-18(26-17)15(11-25-28)19(30)23-10-13(29)8-21;/h4,6-7,9,11,13,16,29H,2-3,5,8,10H2,1H3,(H,23,30);1H4/t13-,16+;/m0./s1. The summed E-state index contributed by atoms with van der Waals surface area (Å²) in [4.78, 5) is 23.3. The zero-order valence-corrected chi connectivity index (χ0v) is 17.6. The van der Waals surface area contributed by atoms with Gasteiger partial charge in [-0.1, -0.05) is 7.43 Å². The Kier molecular flexibility index (Phi) is 7.47. The third-order valence-corrected chi connectivity index (χ3v) is 5.58. The average Bonchev–Trinajstić information content (AvgIpc) is 3.43. The van der Waals surface area contributed by atoms with Crippen LogP contribution in [0.2, 0.25) is 0 Å². The number of aliphatic hydroxyl groups is 1. The second-order valence-corrected chi connectivity index (χ2v) is 7.54. The van der Waals surface area contributed by atoms with Gasteiger partial charge in [0.1, 0.15) is 17.2 Å². The van der Waals surface area contributed by atoms with Gasteiger partial charge in [0.25, 0.3) is 5.91 Å². The van der Waals surface area contributed by atoms with Crippen LogP contribution in [-0.2, 0) is 0 Å². The molecule has 9 nitrogen and oxygen atoms in total. The maximum Gasteiger partial charge on any atom is 0.256 e. The fourth-order valence-corrected chi connectivity index (χ4v) is 3.86. The normalized spacial score (nSPS) is 16.6. The Morgan fingerprint density at radius 1 is 1.47 bits per heavy atom. The molecular formula is C21H26ClFN6O3. The van der Waals surface area contributed by atoms with Crippen molar-refractivity contribution in [3.05, 3.63) is 47.7 Å². The van der Waals surface area contributed by atoms with Gasteiger partial charge in [-0.3, -0.25) is 4.79 Å². The van der Waals surface area contributed by atoms with E-state index in [1.54, 1.807) is 12.3 Å². The van der Waals surface area contributed by atoms with Crippen LogP contribution in [-0.4, -0.2) is 62.8 Å². The second kappa shape index (κ2) is 10.1. The van der Waals surface area contributed by atoms with Gasteiger partial charge in [0.05, 0.1) is 37.5 Å². The summed E-state index contributed by atoms with van der Waals surface area (Å²) in [6.45, 7) is 0.741. The Bertz CT molecular complexity index is 1090. The molecule has 172 valence electrons. The molecule has 0 saturated carbocycles. The van der Waals surface area contributed by atoms with Gasteiger partial charge in [0.15, 0.2) is 5.65 Å². The number of alkyl halides is 1. The van der Waals surface area contributed by atoms with E-state index in [9.17, 15) is 14.3 Å². The van der Waals surface area contributed by atoms with Crippen LogP contribution in [0.5, 0.6) is 5.88 Å². The van der Waals surface area contributed by atoms with E-state index in [1.165, 1.54) is 23.9 Å². The van der Waals surface area contributed by atoms with Crippen molar-refractivity contribution in [2.24, 2.45) is 0 Å². The zero-order chi connectivity index (χ0) is 22.0. The molecule has 4 rings (SSSR count). The van der Waals surface area contributed by atoms with E-state index in [0.29, 0.717) is 29.5 Å². The molecular weight excluding hydrogens is 439 g/mol. The number of amides is 1. The van der Waals surface area contributed by atoms with Crippen molar-refractivity contribution in [1.82, 2.24) is 24.9 Å².